The molecule has 30 heavy (non-hydrogen) atoms. The molecule has 0 aliphatic rings. The molecule has 154 valence electrons. The van der Waals surface area contributed by atoms with Crippen LogP contribution in [-0.2, 0) is 13.1 Å². The fourth-order valence-corrected chi connectivity index (χ4v) is 4.01. The van der Waals surface area contributed by atoms with E-state index in [1.807, 2.05) is 59.4 Å². The highest BCUT2D eigenvalue weighted by Crippen LogP contribution is 2.25. The molecule has 0 bridgehead atoms. The molecule has 0 aliphatic carbocycles. The van der Waals surface area contributed by atoms with Crippen LogP contribution in [0.15, 0.2) is 47.3 Å². The number of para-hydroxylation sites is 2. The summed E-state index contributed by atoms with van der Waals surface area (Å²) in [4.78, 5) is 21.7. The van der Waals surface area contributed by atoms with Crippen molar-refractivity contribution in [2.45, 2.75) is 53.2 Å². The number of imidazole rings is 2. The van der Waals surface area contributed by atoms with E-state index in [9.17, 15) is 4.79 Å². The number of rotatable bonds is 6. The minimum absolute atomic E-state index is 0.0180. The van der Waals surface area contributed by atoms with Crippen molar-refractivity contribution in [3.8, 4) is 0 Å². The molecule has 0 radical (unpaired) electrons. The van der Waals surface area contributed by atoms with E-state index in [1.54, 1.807) is 6.07 Å². The Balaban J connectivity index is 1.89. The van der Waals surface area contributed by atoms with Crippen LogP contribution >= 0.6 is 0 Å². The zero-order valence-corrected chi connectivity index (χ0v) is 18.0. The van der Waals surface area contributed by atoms with Gasteiger partial charge in [-0.15, -0.1) is 0 Å². The second-order valence-corrected chi connectivity index (χ2v) is 8.47. The molecule has 6 heteroatoms. The van der Waals surface area contributed by atoms with Crippen molar-refractivity contribution in [3.63, 3.8) is 0 Å². The van der Waals surface area contributed by atoms with E-state index in [0.717, 1.165) is 40.9 Å². The van der Waals surface area contributed by atoms with Gasteiger partial charge in [0.1, 0.15) is 5.82 Å². The molecule has 0 unspecified atom stereocenters. The molecule has 4 aromatic rings. The standard InChI is InChI=1S/C24H27N5O/c1-16(2)12-13-27-22-14-18(25-5)10-11-19(22)26-23(27)15-28-20-8-6-7-9-21(20)29(17(3)4)24(28)30/h6-11,14,16-17H,12-13,15H2,1-4H3. The molecule has 2 heterocycles. The third-order valence-corrected chi connectivity index (χ3v) is 5.56. The monoisotopic (exact) mass is 401 g/mol. The predicted octanol–water partition coefficient (Wildman–Crippen LogP) is 5.38. The Bertz CT molecular complexity index is 1310. The fourth-order valence-electron chi connectivity index (χ4n) is 4.01. The zero-order valence-electron chi connectivity index (χ0n) is 18.0. The summed E-state index contributed by atoms with van der Waals surface area (Å²) in [5, 5.41) is 0. The Labute approximate surface area is 176 Å². The summed E-state index contributed by atoms with van der Waals surface area (Å²) in [6, 6.07) is 13.6. The highest BCUT2D eigenvalue weighted by molar-refractivity contribution is 5.81. The van der Waals surface area contributed by atoms with Crippen molar-refractivity contribution in [2.24, 2.45) is 5.92 Å². The van der Waals surface area contributed by atoms with Crippen molar-refractivity contribution in [3.05, 3.63) is 70.2 Å². The van der Waals surface area contributed by atoms with Gasteiger partial charge in [-0.2, -0.15) is 0 Å². The Hall–Kier alpha value is -3.33. The summed E-state index contributed by atoms with van der Waals surface area (Å²) in [5.74, 6) is 1.39. The zero-order chi connectivity index (χ0) is 21.4. The molecule has 0 atom stereocenters. The van der Waals surface area contributed by atoms with Crippen LogP contribution in [0.25, 0.3) is 26.9 Å². The minimum Gasteiger partial charge on any atom is -0.327 e. The van der Waals surface area contributed by atoms with Gasteiger partial charge in [0.05, 0.1) is 35.2 Å². The average molecular weight is 402 g/mol. The summed E-state index contributed by atoms with van der Waals surface area (Å²) in [7, 11) is 0. The molecule has 0 saturated carbocycles. The van der Waals surface area contributed by atoms with Gasteiger partial charge in [0.25, 0.3) is 0 Å². The van der Waals surface area contributed by atoms with Crippen LogP contribution in [0.4, 0.5) is 5.69 Å². The van der Waals surface area contributed by atoms with Crippen molar-refractivity contribution in [1.82, 2.24) is 18.7 Å². The number of aromatic nitrogens is 4. The molecule has 2 aromatic carbocycles. The molecule has 0 spiro atoms. The molecule has 0 fully saturated rings. The van der Waals surface area contributed by atoms with Crippen LogP contribution in [0.2, 0.25) is 0 Å². The molecular weight excluding hydrogens is 374 g/mol. The van der Waals surface area contributed by atoms with E-state index in [-0.39, 0.29) is 11.7 Å². The molecular formula is C24H27N5O. The Morgan fingerprint density at radius 3 is 2.40 bits per heavy atom. The second-order valence-electron chi connectivity index (χ2n) is 8.47. The molecule has 0 N–H and O–H groups in total. The van der Waals surface area contributed by atoms with Crippen LogP contribution in [0.3, 0.4) is 0 Å². The lowest BCUT2D eigenvalue weighted by Gasteiger charge is -2.12. The fraction of sp³-hybridized carbons (Fsp3) is 0.375. The Kier molecular flexibility index (Phi) is 5.21. The lowest BCUT2D eigenvalue weighted by molar-refractivity contribution is 0.505. The largest absolute Gasteiger partial charge is 0.329 e. The maximum Gasteiger partial charge on any atom is 0.329 e. The van der Waals surface area contributed by atoms with Crippen LogP contribution in [0.1, 0.15) is 46.0 Å². The van der Waals surface area contributed by atoms with Crippen LogP contribution in [-0.4, -0.2) is 18.7 Å². The smallest absolute Gasteiger partial charge is 0.327 e. The second kappa shape index (κ2) is 7.83. The highest BCUT2D eigenvalue weighted by atomic mass is 16.1. The van der Waals surface area contributed by atoms with E-state index in [0.29, 0.717) is 18.2 Å². The van der Waals surface area contributed by atoms with Gasteiger partial charge in [-0.1, -0.05) is 32.0 Å². The number of hydrogen-bond donors (Lipinski definition) is 0. The van der Waals surface area contributed by atoms with E-state index in [2.05, 4.69) is 23.3 Å². The van der Waals surface area contributed by atoms with Gasteiger partial charge >= 0.3 is 5.69 Å². The van der Waals surface area contributed by atoms with Crippen molar-refractivity contribution in [1.29, 1.82) is 0 Å². The number of fused-ring (bicyclic) bond motifs is 2. The van der Waals surface area contributed by atoms with Crippen LogP contribution in [0, 0.1) is 12.5 Å². The molecule has 2 aromatic heterocycles. The average Bonchev–Trinajstić information content (AvgIpc) is 3.20. The Morgan fingerprint density at radius 2 is 1.73 bits per heavy atom. The van der Waals surface area contributed by atoms with Gasteiger partial charge in [0.2, 0.25) is 0 Å². The topological polar surface area (TPSA) is 49.1 Å². The summed E-state index contributed by atoms with van der Waals surface area (Å²) in [5.41, 5.74) is 4.27. The Morgan fingerprint density at radius 1 is 1.00 bits per heavy atom. The van der Waals surface area contributed by atoms with Crippen molar-refractivity contribution in [2.75, 3.05) is 0 Å². The first kappa shape index (κ1) is 20.0. The number of hydrogen-bond acceptors (Lipinski definition) is 2. The lowest BCUT2D eigenvalue weighted by atomic mass is 10.1. The number of nitrogens with zero attached hydrogens (tertiary/aromatic N) is 5. The summed E-state index contributed by atoms with van der Waals surface area (Å²) in [6.07, 6.45) is 1.00. The lowest BCUT2D eigenvalue weighted by Crippen LogP contribution is -2.27. The number of benzene rings is 2. The van der Waals surface area contributed by atoms with Gasteiger partial charge in [0, 0.05) is 12.6 Å². The van der Waals surface area contributed by atoms with Gasteiger partial charge in [-0.3, -0.25) is 9.13 Å². The first-order valence-corrected chi connectivity index (χ1v) is 10.5. The van der Waals surface area contributed by atoms with Crippen LogP contribution < -0.4 is 5.69 Å². The molecule has 0 saturated heterocycles. The first-order chi connectivity index (χ1) is 14.4. The van der Waals surface area contributed by atoms with E-state index >= 15 is 0 Å². The summed E-state index contributed by atoms with van der Waals surface area (Å²) in [6.45, 7) is 17.0. The van der Waals surface area contributed by atoms with E-state index < -0.39 is 0 Å². The van der Waals surface area contributed by atoms with Crippen molar-refractivity contribution < 1.29 is 0 Å². The third-order valence-electron chi connectivity index (χ3n) is 5.56. The van der Waals surface area contributed by atoms with Gasteiger partial charge < -0.3 is 4.57 Å². The summed E-state index contributed by atoms with van der Waals surface area (Å²) < 4.78 is 5.84. The van der Waals surface area contributed by atoms with Crippen molar-refractivity contribution >= 4 is 27.8 Å². The number of aryl methyl sites for hydroxylation is 1. The molecule has 0 aliphatic heterocycles. The third kappa shape index (κ3) is 3.41. The van der Waals surface area contributed by atoms with E-state index in [1.165, 1.54) is 0 Å². The molecule has 4 rings (SSSR count). The summed E-state index contributed by atoms with van der Waals surface area (Å²) >= 11 is 0. The maximum atomic E-state index is 13.3. The van der Waals surface area contributed by atoms with E-state index in [4.69, 9.17) is 11.6 Å². The molecule has 6 nitrogen and oxygen atoms in total. The van der Waals surface area contributed by atoms with Gasteiger partial charge in [-0.25, -0.2) is 14.6 Å². The van der Waals surface area contributed by atoms with Crippen LogP contribution in [0.5, 0.6) is 0 Å². The van der Waals surface area contributed by atoms with Gasteiger partial charge in [0.15, 0.2) is 5.69 Å². The maximum absolute atomic E-state index is 13.3. The predicted molar refractivity (Wildman–Crippen MR) is 121 cm³/mol. The highest BCUT2D eigenvalue weighted by Gasteiger charge is 2.18. The molecule has 0 amide bonds. The quantitative estimate of drug-likeness (QED) is 0.407. The minimum atomic E-state index is -0.0180. The van der Waals surface area contributed by atoms with Gasteiger partial charge in [-0.05, 0) is 50.5 Å². The SMILES string of the molecule is [C-]#[N+]c1ccc2nc(Cn3c(=O)n(C(C)C)c4ccccc43)n(CCC(C)C)c2c1. The normalized spacial score (nSPS) is 11.8. The first-order valence-electron chi connectivity index (χ1n) is 10.5.